The number of hydrogen-bond acceptors (Lipinski definition) is 2. The molecule has 0 atom stereocenters. The maximum atomic E-state index is 12.6. The molecule has 0 aliphatic heterocycles. The summed E-state index contributed by atoms with van der Waals surface area (Å²) in [7, 11) is 0. The predicted octanol–water partition coefficient (Wildman–Crippen LogP) is 2.14. The second-order valence-electron chi connectivity index (χ2n) is 2.57. The topological polar surface area (TPSA) is 32.6 Å². The summed E-state index contributed by atoms with van der Waals surface area (Å²) in [6.07, 6.45) is 1.91. The van der Waals surface area contributed by atoms with Crippen LogP contribution in [0, 0.1) is 12.7 Å². The molecular formula is C9H10FNO. The van der Waals surface area contributed by atoms with Gasteiger partial charge in [0.25, 0.3) is 0 Å². The lowest BCUT2D eigenvalue weighted by Crippen LogP contribution is -1.91. The summed E-state index contributed by atoms with van der Waals surface area (Å²) in [5.41, 5.74) is 1.84. The Hall–Kier alpha value is -1.38. The lowest BCUT2D eigenvalue weighted by Gasteiger charge is -2.00. The van der Waals surface area contributed by atoms with Crippen LogP contribution < -0.4 is 0 Å². The predicted molar refractivity (Wildman–Crippen MR) is 45.1 cm³/mol. The second kappa shape index (κ2) is 3.85. The molecule has 0 aromatic heterocycles. The van der Waals surface area contributed by atoms with Crippen molar-refractivity contribution in [1.29, 1.82) is 0 Å². The van der Waals surface area contributed by atoms with Crippen LogP contribution in [0.3, 0.4) is 0 Å². The van der Waals surface area contributed by atoms with Crippen LogP contribution in [0.15, 0.2) is 23.4 Å². The number of nitrogens with zero attached hydrogens (tertiary/aromatic N) is 1. The van der Waals surface area contributed by atoms with E-state index in [-0.39, 0.29) is 5.82 Å². The van der Waals surface area contributed by atoms with E-state index in [4.69, 9.17) is 5.21 Å². The molecule has 0 unspecified atom stereocenters. The molecule has 3 heteroatoms. The van der Waals surface area contributed by atoms with Gasteiger partial charge in [-0.15, -0.1) is 5.16 Å². The number of halogens is 1. The van der Waals surface area contributed by atoms with Crippen LogP contribution in [-0.4, -0.2) is 11.4 Å². The Morgan fingerprint density at radius 1 is 1.58 bits per heavy atom. The van der Waals surface area contributed by atoms with Crippen LogP contribution >= 0.6 is 0 Å². The Labute approximate surface area is 70.3 Å². The van der Waals surface area contributed by atoms with Crippen molar-refractivity contribution in [2.75, 3.05) is 0 Å². The molecular weight excluding hydrogens is 157 g/mol. The van der Waals surface area contributed by atoms with Gasteiger partial charge in [0.05, 0.1) is 0 Å². The minimum Gasteiger partial charge on any atom is -0.411 e. The summed E-state index contributed by atoms with van der Waals surface area (Å²) < 4.78 is 12.6. The second-order valence-corrected chi connectivity index (χ2v) is 2.57. The largest absolute Gasteiger partial charge is 0.411 e. The maximum Gasteiger partial charge on any atom is 0.123 e. The lowest BCUT2D eigenvalue weighted by molar-refractivity contribution is 0.321. The molecule has 0 saturated carbocycles. The number of rotatable bonds is 2. The van der Waals surface area contributed by atoms with Crippen molar-refractivity contribution in [2.24, 2.45) is 5.16 Å². The van der Waals surface area contributed by atoms with Gasteiger partial charge in [-0.2, -0.15) is 0 Å². The maximum absolute atomic E-state index is 12.6. The zero-order valence-corrected chi connectivity index (χ0v) is 6.79. The lowest BCUT2D eigenvalue weighted by atomic mass is 10.1. The summed E-state index contributed by atoms with van der Waals surface area (Å²) >= 11 is 0. The average molecular weight is 167 g/mol. The summed E-state index contributed by atoms with van der Waals surface area (Å²) in [6.45, 7) is 1.82. The molecule has 1 aromatic rings. The fourth-order valence-electron chi connectivity index (χ4n) is 1.03. The van der Waals surface area contributed by atoms with Crippen LogP contribution in [0.1, 0.15) is 11.1 Å². The summed E-state index contributed by atoms with van der Waals surface area (Å²) in [4.78, 5) is 0. The van der Waals surface area contributed by atoms with Crippen LogP contribution in [0.5, 0.6) is 0 Å². The third-order valence-corrected chi connectivity index (χ3v) is 1.70. The van der Waals surface area contributed by atoms with E-state index in [9.17, 15) is 4.39 Å². The van der Waals surface area contributed by atoms with Gasteiger partial charge in [0, 0.05) is 12.6 Å². The molecule has 1 N–H and O–H groups in total. The van der Waals surface area contributed by atoms with Crippen molar-refractivity contribution in [3.8, 4) is 0 Å². The van der Waals surface area contributed by atoms with Gasteiger partial charge in [0.15, 0.2) is 0 Å². The van der Waals surface area contributed by atoms with Gasteiger partial charge in [-0.1, -0.05) is 6.07 Å². The van der Waals surface area contributed by atoms with E-state index in [2.05, 4.69) is 5.16 Å². The molecule has 64 valence electrons. The molecule has 0 fully saturated rings. The van der Waals surface area contributed by atoms with E-state index in [1.807, 2.05) is 6.92 Å². The van der Waals surface area contributed by atoms with Gasteiger partial charge in [-0.3, -0.25) is 0 Å². The summed E-state index contributed by atoms with van der Waals surface area (Å²) in [5.74, 6) is -0.239. The van der Waals surface area contributed by atoms with Crippen LogP contribution in [-0.2, 0) is 6.42 Å². The van der Waals surface area contributed by atoms with E-state index >= 15 is 0 Å². The molecule has 0 aliphatic carbocycles. The van der Waals surface area contributed by atoms with Crippen LogP contribution in [0.4, 0.5) is 4.39 Å². The van der Waals surface area contributed by atoms with Gasteiger partial charge >= 0.3 is 0 Å². The van der Waals surface area contributed by atoms with Crippen molar-refractivity contribution in [3.63, 3.8) is 0 Å². The number of aryl methyl sites for hydroxylation is 1. The molecule has 0 radical (unpaired) electrons. The van der Waals surface area contributed by atoms with Crippen molar-refractivity contribution in [2.45, 2.75) is 13.3 Å². The number of oxime groups is 1. The highest BCUT2D eigenvalue weighted by Crippen LogP contribution is 2.09. The first-order valence-electron chi connectivity index (χ1n) is 3.65. The molecule has 12 heavy (non-hydrogen) atoms. The van der Waals surface area contributed by atoms with Crippen LogP contribution in [0.25, 0.3) is 0 Å². The zero-order chi connectivity index (χ0) is 8.97. The Bertz CT molecular complexity index is 297. The molecule has 2 nitrogen and oxygen atoms in total. The smallest absolute Gasteiger partial charge is 0.123 e. The van der Waals surface area contributed by atoms with Crippen molar-refractivity contribution in [1.82, 2.24) is 0 Å². The Morgan fingerprint density at radius 2 is 2.33 bits per heavy atom. The number of benzene rings is 1. The fourth-order valence-corrected chi connectivity index (χ4v) is 1.03. The van der Waals surface area contributed by atoms with Gasteiger partial charge in [0.1, 0.15) is 5.82 Å². The molecule has 1 aromatic carbocycles. The third kappa shape index (κ3) is 2.05. The molecule has 1 rings (SSSR count). The first-order valence-corrected chi connectivity index (χ1v) is 3.65. The Kier molecular flexibility index (Phi) is 2.80. The summed E-state index contributed by atoms with van der Waals surface area (Å²) in [6, 6.07) is 4.54. The van der Waals surface area contributed by atoms with Crippen LogP contribution in [0.2, 0.25) is 0 Å². The van der Waals surface area contributed by atoms with Crippen molar-refractivity contribution in [3.05, 3.63) is 35.1 Å². The first-order chi connectivity index (χ1) is 5.74. The monoisotopic (exact) mass is 167 g/mol. The Balaban J connectivity index is 2.86. The van der Waals surface area contributed by atoms with Gasteiger partial charge in [0.2, 0.25) is 0 Å². The molecule has 0 spiro atoms. The quantitative estimate of drug-likeness (QED) is 0.408. The highest BCUT2D eigenvalue weighted by molar-refractivity contribution is 5.61. The van der Waals surface area contributed by atoms with Gasteiger partial charge in [-0.25, -0.2) is 4.39 Å². The standard InChI is InChI=1S/C9H10FNO/c1-7-6-9(10)3-2-8(7)4-5-11-12/h2-3,5-6,12H,4H2,1H3. The fraction of sp³-hybridized carbons (Fsp3) is 0.222. The van der Waals surface area contributed by atoms with E-state index in [0.29, 0.717) is 6.42 Å². The molecule has 0 saturated heterocycles. The van der Waals surface area contributed by atoms with Crippen molar-refractivity contribution >= 4 is 6.21 Å². The normalized spacial score (nSPS) is 10.8. The molecule has 0 heterocycles. The zero-order valence-electron chi connectivity index (χ0n) is 6.79. The molecule has 0 bridgehead atoms. The van der Waals surface area contributed by atoms with E-state index in [1.54, 1.807) is 6.07 Å². The minimum atomic E-state index is -0.239. The van der Waals surface area contributed by atoms with Gasteiger partial charge < -0.3 is 5.21 Å². The van der Waals surface area contributed by atoms with E-state index < -0.39 is 0 Å². The minimum absolute atomic E-state index is 0.239. The molecule has 0 amide bonds. The third-order valence-electron chi connectivity index (χ3n) is 1.70. The SMILES string of the molecule is Cc1cc(F)ccc1CC=NO. The highest BCUT2D eigenvalue weighted by atomic mass is 19.1. The van der Waals surface area contributed by atoms with Crippen molar-refractivity contribution < 1.29 is 9.60 Å². The highest BCUT2D eigenvalue weighted by Gasteiger charge is 1.97. The van der Waals surface area contributed by atoms with E-state index in [1.165, 1.54) is 18.3 Å². The number of hydrogen-bond donors (Lipinski definition) is 1. The van der Waals surface area contributed by atoms with E-state index in [0.717, 1.165) is 11.1 Å². The summed E-state index contributed by atoms with van der Waals surface area (Å²) in [5, 5.41) is 11.0. The first kappa shape index (κ1) is 8.71. The van der Waals surface area contributed by atoms with Gasteiger partial charge in [-0.05, 0) is 30.2 Å². The average Bonchev–Trinajstić information content (AvgIpc) is 2.03. The molecule has 0 aliphatic rings. The Morgan fingerprint density at radius 3 is 2.92 bits per heavy atom.